The Bertz CT molecular complexity index is 361. The first-order chi connectivity index (χ1) is 9.22. The topological polar surface area (TPSA) is 15.3 Å². The quantitative estimate of drug-likeness (QED) is 0.824. The van der Waals surface area contributed by atoms with Gasteiger partial charge in [0.05, 0.1) is 0 Å². The molecule has 1 fully saturated rings. The Labute approximate surface area is 118 Å². The lowest BCUT2D eigenvalue weighted by Gasteiger charge is -2.27. The molecular formula is C17H28N2. The van der Waals surface area contributed by atoms with Gasteiger partial charge in [-0.3, -0.25) is 0 Å². The van der Waals surface area contributed by atoms with E-state index in [9.17, 15) is 0 Å². The lowest BCUT2D eigenvalue weighted by molar-refractivity contribution is 0.341. The third-order valence-corrected chi connectivity index (χ3v) is 4.45. The van der Waals surface area contributed by atoms with Crippen molar-refractivity contribution >= 4 is 5.69 Å². The van der Waals surface area contributed by atoms with Crippen LogP contribution in [0.15, 0.2) is 24.3 Å². The Morgan fingerprint density at radius 3 is 2.05 bits per heavy atom. The van der Waals surface area contributed by atoms with E-state index < -0.39 is 0 Å². The molecule has 0 heterocycles. The average molecular weight is 260 g/mol. The molecular weight excluding hydrogens is 232 g/mol. The number of benzene rings is 1. The number of anilines is 1. The minimum Gasteiger partial charge on any atom is -0.378 e. The summed E-state index contributed by atoms with van der Waals surface area (Å²) in [6.07, 6.45) is 8.40. The fraction of sp³-hybridized carbons (Fsp3) is 0.647. The largest absolute Gasteiger partial charge is 0.378 e. The Kier molecular flexibility index (Phi) is 5.26. The van der Waals surface area contributed by atoms with Gasteiger partial charge in [-0.15, -0.1) is 0 Å². The van der Waals surface area contributed by atoms with Gasteiger partial charge in [0.25, 0.3) is 0 Å². The highest BCUT2D eigenvalue weighted by Gasteiger charge is 2.22. The van der Waals surface area contributed by atoms with E-state index in [0.29, 0.717) is 6.04 Å². The first kappa shape index (κ1) is 14.4. The number of hydrogen-bond donors (Lipinski definition) is 1. The molecule has 0 amide bonds. The molecule has 0 bridgehead atoms. The van der Waals surface area contributed by atoms with Crippen molar-refractivity contribution in [2.75, 3.05) is 26.0 Å². The van der Waals surface area contributed by atoms with Crippen LogP contribution in [-0.2, 0) is 0 Å². The van der Waals surface area contributed by atoms with Gasteiger partial charge < -0.3 is 10.2 Å². The summed E-state index contributed by atoms with van der Waals surface area (Å²) in [5.41, 5.74) is 2.72. The van der Waals surface area contributed by atoms with E-state index in [4.69, 9.17) is 0 Å². The zero-order chi connectivity index (χ0) is 13.7. The first-order valence-corrected chi connectivity index (χ1v) is 7.67. The second-order valence-corrected chi connectivity index (χ2v) is 6.00. The van der Waals surface area contributed by atoms with Crippen LogP contribution in [0.1, 0.15) is 50.1 Å². The van der Waals surface area contributed by atoms with Crippen molar-refractivity contribution in [2.24, 2.45) is 5.92 Å². The highest BCUT2D eigenvalue weighted by molar-refractivity contribution is 5.46. The molecule has 1 saturated carbocycles. The summed E-state index contributed by atoms with van der Waals surface area (Å²) in [5.74, 6) is 0.803. The molecule has 19 heavy (non-hydrogen) atoms. The van der Waals surface area contributed by atoms with Gasteiger partial charge in [-0.25, -0.2) is 0 Å². The van der Waals surface area contributed by atoms with Gasteiger partial charge in [-0.05, 0) is 43.5 Å². The molecule has 106 valence electrons. The standard InChI is InChI=1S/C17H28N2/c1-18-17(14-8-6-4-5-7-9-14)15-10-12-16(13-11-15)19(2)3/h10-14,17-18H,4-9H2,1-3H3. The second kappa shape index (κ2) is 6.95. The number of nitrogens with zero attached hydrogens (tertiary/aromatic N) is 1. The summed E-state index contributed by atoms with van der Waals surface area (Å²) in [6.45, 7) is 0. The van der Waals surface area contributed by atoms with Gasteiger partial charge in [0.1, 0.15) is 0 Å². The Balaban J connectivity index is 2.11. The summed E-state index contributed by atoms with van der Waals surface area (Å²) in [5, 5.41) is 3.55. The van der Waals surface area contributed by atoms with Crippen molar-refractivity contribution in [2.45, 2.75) is 44.6 Å². The molecule has 1 aliphatic rings. The van der Waals surface area contributed by atoms with E-state index in [1.165, 1.54) is 49.8 Å². The van der Waals surface area contributed by atoms with Crippen molar-refractivity contribution in [3.8, 4) is 0 Å². The molecule has 0 aromatic heterocycles. The molecule has 1 aliphatic carbocycles. The summed E-state index contributed by atoms with van der Waals surface area (Å²) in [7, 11) is 6.29. The van der Waals surface area contributed by atoms with Crippen molar-refractivity contribution < 1.29 is 0 Å². The minimum absolute atomic E-state index is 0.523. The van der Waals surface area contributed by atoms with E-state index in [0.717, 1.165) is 5.92 Å². The summed E-state index contributed by atoms with van der Waals surface area (Å²) >= 11 is 0. The van der Waals surface area contributed by atoms with Crippen molar-refractivity contribution in [1.82, 2.24) is 5.32 Å². The van der Waals surface area contributed by atoms with Crippen molar-refractivity contribution in [3.05, 3.63) is 29.8 Å². The van der Waals surface area contributed by atoms with Gasteiger partial charge in [-0.2, -0.15) is 0 Å². The Morgan fingerprint density at radius 1 is 1.00 bits per heavy atom. The SMILES string of the molecule is CNC(c1ccc(N(C)C)cc1)C1CCCCCC1. The number of hydrogen-bond acceptors (Lipinski definition) is 2. The first-order valence-electron chi connectivity index (χ1n) is 7.67. The fourth-order valence-electron chi connectivity index (χ4n) is 3.30. The molecule has 2 heteroatoms. The van der Waals surface area contributed by atoms with Gasteiger partial charge in [0.2, 0.25) is 0 Å². The molecule has 2 rings (SSSR count). The Hall–Kier alpha value is -1.02. The van der Waals surface area contributed by atoms with Crippen LogP contribution < -0.4 is 10.2 Å². The minimum atomic E-state index is 0.523. The van der Waals surface area contributed by atoms with Gasteiger partial charge in [0, 0.05) is 25.8 Å². The number of nitrogens with one attached hydrogen (secondary N) is 1. The van der Waals surface area contributed by atoms with Crippen LogP contribution in [-0.4, -0.2) is 21.1 Å². The molecule has 0 saturated heterocycles. The molecule has 1 atom stereocenters. The zero-order valence-electron chi connectivity index (χ0n) is 12.7. The lowest BCUT2D eigenvalue weighted by Crippen LogP contribution is -2.25. The maximum absolute atomic E-state index is 3.55. The molecule has 1 unspecified atom stereocenters. The molecule has 1 aromatic rings. The lowest BCUT2D eigenvalue weighted by atomic mass is 9.87. The third kappa shape index (κ3) is 3.73. The average Bonchev–Trinajstić information content (AvgIpc) is 2.69. The highest BCUT2D eigenvalue weighted by atomic mass is 15.1. The van der Waals surface area contributed by atoms with Crippen molar-refractivity contribution in [3.63, 3.8) is 0 Å². The third-order valence-electron chi connectivity index (χ3n) is 4.45. The molecule has 1 aromatic carbocycles. The maximum Gasteiger partial charge on any atom is 0.0361 e. The highest BCUT2D eigenvalue weighted by Crippen LogP contribution is 2.33. The van der Waals surface area contributed by atoms with Crippen LogP contribution in [0.3, 0.4) is 0 Å². The predicted octanol–water partition coefficient (Wildman–Crippen LogP) is 3.98. The van der Waals surface area contributed by atoms with E-state index in [1.807, 2.05) is 0 Å². The molecule has 1 N–H and O–H groups in total. The maximum atomic E-state index is 3.55. The van der Waals surface area contributed by atoms with Crippen LogP contribution in [0.4, 0.5) is 5.69 Å². The van der Waals surface area contributed by atoms with Crippen LogP contribution in [0, 0.1) is 5.92 Å². The number of rotatable bonds is 4. The fourth-order valence-corrected chi connectivity index (χ4v) is 3.30. The monoisotopic (exact) mass is 260 g/mol. The molecule has 0 radical (unpaired) electrons. The molecule has 0 spiro atoms. The van der Waals surface area contributed by atoms with Crippen LogP contribution in [0.25, 0.3) is 0 Å². The smallest absolute Gasteiger partial charge is 0.0361 e. The van der Waals surface area contributed by atoms with Gasteiger partial charge >= 0.3 is 0 Å². The van der Waals surface area contributed by atoms with Gasteiger partial charge in [0.15, 0.2) is 0 Å². The molecule has 0 aliphatic heterocycles. The van der Waals surface area contributed by atoms with E-state index in [1.54, 1.807) is 0 Å². The van der Waals surface area contributed by atoms with E-state index >= 15 is 0 Å². The van der Waals surface area contributed by atoms with E-state index in [2.05, 4.69) is 55.6 Å². The van der Waals surface area contributed by atoms with E-state index in [-0.39, 0.29) is 0 Å². The zero-order valence-corrected chi connectivity index (χ0v) is 12.7. The summed E-state index contributed by atoms with van der Waals surface area (Å²) in [6, 6.07) is 9.57. The summed E-state index contributed by atoms with van der Waals surface area (Å²) in [4.78, 5) is 2.16. The second-order valence-electron chi connectivity index (χ2n) is 6.00. The van der Waals surface area contributed by atoms with Gasteiger partial charge in [-0.1, -0.05) is 37.8 Å². The summed E-state index contributed by atoms with van der Waals surface area (Å²) < 4.78 is 0. The van der Waals surface area contributed by atoms with Crippen LogP contribution >= 0.6 is 0 Å². The van der Waals surface area contributed by atoms with Crippen LogP contribution in [0.5, 0.6) is 0 Å². The molecule has 2 nitrogen and oxygen atoms in total. The Morgan fingerprint density at radius 2 is 1.58 bits per heavy atom. The normalized spacial score (nSPS) is 18.9. The van der Waals surface area contributed by atoms with Crippen molar-refractivity contribution in [1.29, 1.82) is 0 Å². The predicted molar refractivity (Wildman–Crippen MR) is 83.8 cm³/mol. The van der Waals surface area contributed by atoms with Crippen LogP contribution in [0.2, 0.25) is 0 Å².